The van der Waals surface area contributed by atoms with Crippen molar-refractivity contribution in [1.29, 1.82) is 0 Å². The minimum absolute atomic E-state index is 1.39. The summed E-state index contributed by atoms with van der Waals surface area (Å²) < 4.78 is 0. The van der Waals surface area contributed by atoms with Crippen LogP contribution in [0.1, 0.15) is 64.0 Å². The quantitative estimate of drug-likeness (QED) is 0.280. The fourth-order valence-electron chi connectivity index (χ4n) is 3.66. The van der Waals surface area contributed by atoms with Crippen LogP contribution in [0, 0.1) is 55.4 Å². The zero-order chi connectivity index (χ0) is 21.7. The second-order valence-corrected chi connectivity index (χ2v) is 11.8. The molecule has 0 saturated carbocycles. The van der Waals surface area contributed by atoms with Gasteiger partial charge in [-0.15, -0.1) is 45.3 Å². The maximum Gasteiger partial charge on any atom is 0.0396 e. The molecule has 0 aromatic carbocycles. The first-order chi connectivity index (χ1) is 14.2. The first-order valence-electron chi connectivity index (χ1n) is 10.2. The van der Waals surface area contributed by atoms with E-state index in [0.29, 0.717) is 0 Å². The standard InChI is InChI=1S/C26H28S4/c1-13-9-27-23(17(13)5)21(24-18(6)14(2)10-28-24)22(25-19(7)15(3)11-29-25)26-20(8)16(4)12-30-26/h9-12H,1-8H3. The van der Waals surface area contributed by atoms with Crippen LogP contribution in [-0.4, -0.2) is 0 Å². The van der Waals surface area contributed by atoms with E-state index in [-0.39, 0.29) is 0 Å². The molecular formula is C26H28S4. The fraction of sp³-hybridized carbons (Fsp3) is 0.308. The van der Waals surface area contributed by atoms with E-state index in [1.54, 1.807) is 0 Å². The Morgan fingerprint density at radius 3 is 0.733 bits per heavy atom. The topological polar surface area (TPSA) is 0 Å². The van der Waals surface area contributed by atoms with E-state index in [0.717, 1.165) is 0 Å². The molecule has 0 N–H and O–H groups in total. The summed E-state index contributed by atoms with van der Waals surface area (Å²) in [6, 6.07) is 0. The lowest BCUT2D eigenvalue weighted by Gasteiger charge is -2.17. The van der Waals surface area contributed by atoms with Gasteiger partial charge in [0.15, 0.2) is 0 Å². The average Bonchev–Trinajstić information content (AvgIpc) is 3.43. The summed E-state index contributed by atoms with van der Waals surface area (Å²) in [5.74, 6) is 0. The molecule has 0 bridgehead atoms. The molecule has 156 valence electrons. The Hall–Kier alpha value is -1.46. The molecule has 0 aliphatic carbocycles. The number of aryl methyl sites for hydroxylation is 4. The van der Waals surface area contributed by atoms with Crippen molar-refractivity contribution in [1.82, 2.24) is 0 Å². The van der Waals surface area contributed by atoms with Gasteiger partial charge in [0.2, 0.25) is 0 Å². The van der Waals surface area contributed by atoms with Gasteiger partial charge in [0, 0.05) is 30.7 Å². The van der Waals surface area contributed by atoms with E-state index in [1.165, 1.54) is 75.2 Å². The minimum atomic E-state index is 1.39. The van der Waals surface area contributed by atoms with Crippen LogP contribution in [0.3, 0.4) is 0 Å². The van der Waals surface area contributed by atoms with Gasteiger partial charge in [0.25, 0.3) is 0 Å². The predicted octanol–water partition coefficient (Wildman–Crippen LogP) is 9.41. The Bertz CT molecular complexity index is 1070. The highest BCUT2D eigenvalue weighted by Gasteiger charge is 2.26. The molecule has 4 rings (SSSR count). The molecule has 0 atom stereocenters. The average molecular weight is 469 g/mol. The van der Waals surface area contributed by atoms with Gasteiger partial charge in [-0.2, -0.15) is 0 Å². The minimum Gasteiger partial charge on any atom is -0.143 e. The summed E-state index contributed by atoms with van der Waals surface area (Å²) in [7, 11) is 0. The van der Waals surface area contributed by atoms with E-state index in [4.69, 9.17) is 0 Å². The van der Waals surface area contributed by atoms with E-state index < -0.39 is 0 Å². The third-order valence-electron chi connectivity index (χ3n) is 6.30. The van der Waals surface area contributed by atoms with Gasteiger partial charge in [-0.05, 0) is 121 Å². The van der Waals surface area contributed by atoms with E-state index in [9.17, 15) is 0 Å². The van der Waals surface area contributed by atoms with Crippen LogP contribution in [-0.2, 0) is 0 Å². The fourth-order valence-corrected chi connectivity index (χ4v) is 8.31. The van der Waals surface area contributed by atoms with Gasteiger partial charge in [0.05, 0.1) is 0 Å². The van der Waals surface area contributed by atoms with Crippen LogP contribution in [0.15, 0.2) is 21.5 Å². The maximum absolute atomic E-state index is 2.32. The normalized spacial score (nSPS) is 11.3. The zero-order valence-corrected chi connectivity index (χ0v) is 22.2. The van der Waals surface area contributed by atoms with Gasteiger partial charge in [-0.1, -0.05) is 0 Å². The highest BCUT2D eigenvalue weighted by molar-refractivity contribution is 7.16. The lowest BCUT2D eigenvalue weighted by Crippen LogP contribution is -1.97. The lowest BCUT2D eigenvalue weighted by atomic mass is 9.93. The van der Waals surface area contributed by atoms with Gasteiger partial charge in [0.1, 0.15) is 0 Å². The molecule has 0 unspecified atom stereocenters. The molecule has 4 heteroatoms. The number of thiophene rings is 4. The second-order valence-electron chi connectivity index (χ2n) is 8.24. The van der Waals surface area contributed by atoms with Crippen molar-refractivity contribution < 1.29 is 0 Å². The smallest absolute Gasteiger partial charge is 0.0396 e. The van der Waals surface area contributed by atoms with Crippen molar-refractivity contribution in [3.8, 4) is 0 Å². The first-order valence-corrected chi connectivity index (χ1v) is 13.7. The van der Waals surface area contributed by atoms with Crippen molar-refractivity contribution in [2.75, 3.05) is 0 Å². The molecule has 4 aromatic rings. The summed E-state index contributed by atoms with van der Waals surface area (Å²) in [6.07, 6.45) is 0. The van der Waals surface area contributed by atoms with Crippen LogP contribution in [0.2, 0.25) is 0 Å². The highest BCUT2D eigenvalue weighted by Crippen LogP contribution is 2.48. The van der Waals surface area contributed by atoms with Crippen molar-refractivity contribution in [3.05, 3.63) is 85.5 Å². The summed E-state index contributed by atoms with van der Waals surface area (Å²) in [5, 5.41) is 9.27. The Morgan fingerprint density at radius 2 is 0.600 bits per heavy atom. The third-order valence-corrected chi connectivity index (χ3v) is 11.2. The molecule has 0 fully saturated rings. The second kappa shape index (κ2) is 8.23. The Labute approximate surface area is 196 Å². The number of hydrogen-bond donors (Lipinski definition) is 0. The summed E-state index contributed by atoms with van der Waals surface area (Å²) in [4.78, 5) is 5.68. The van der Waals surface area contributed by atoms with Crippen LogP contribution in [0.25, 0.3) is 11.1 Å². The van der Waals surface area contributed by atoms with Gasteiger partial charge < -0.3 is 0 Å². The van der Waals surface area contributed by atoms with E-state index in [2.05, 4.69) is 76.9 Å². The highest BCUT2D eigenvalue weighted by atomic mass is 32.1. The SMILES string of the molecule is Cc1csc(C(=C(c2scc(C)c2C)c2scc(C)c2C)c2scc(C)c2C)c1C. The predicted molar refractivity (Wildman–Crippen MR) is 140 cm³/mol. The van der Waals surface area contributed by atoms with Crippen LogP contribution in [0.5, 0.6) is 0 Å². The largest absolute Gasteiger partial charge is 0.143 e. The lowest BCUT2D eigenvalue weighted by molar-refractivity contribution is 1.35. The number of hydrogen-bond acceptors (Lipinski definition) is 4. The maximum atomic E-state index is 2.32. The summed E-state index contributed by atoms with van der Waals surface area (Å²) in [5.41, 5.74) is 14.0. The third kappa shape index (κ3) is 3.48. The number of rotatable bonds is 4. The van der Waals surface area contributed by atoms with Crippen LogP contribution >= 0.6 is 45.3 Å². The molecule has 0 nitrogen and oxygen atoms in total. The molecule has 0 amide bonds. The molecule has 0 saturated heterocycles. The first kappa shape index (κ1) is 21.8. The molecule has 4 heterocycles. The Morgan fingerprint density at radius 1 is 0.400 bits per heavy atom. The molecule has 0 aliphatic heterocycles. The van der Waals surface area contributed by atoms with E-state index >= 15 is 0 Å². The van der Waals surface area contributed by atoms with Gasteiger partial charge >= 0.3 is 0 Å². The molecule has 0 spiro atoms. The molecular weight excluding hydrogens is 441 g/mol. The van der Waals surface area contributed by atoms with Crippen molar-refractivity contribution in [2.24, 2.45) is 0 Å². The van der Waals surface area contributed by atoms with E-state index in [1.807, 2.05) is 45.3 Å². The summed E-state index contributed by atoms with van der Waals surface area (Å²) >= 11 is 7.59. The van der Waals surface area contributed by atoms with Crippen molar-refractivity contribution >= 4 is 56.5 Å². The van der Waals surface area contributed by atoms with Crippen LogP contribution < -0.4 is 0 Å². The zero-order valence-electron chi connectivity index (χ0n) is 18.9. The monoisotopic (exact) mass is 468 g/mol. The molecule has 30 heavy (non-hydrogen) atoms. The van der Waals surface area contributed by atoms with Crippen molar-refractivity contribution in [3.63, 3.8) is 0 Å². The van der Waals surface area contributed by atoms with Gasteiger partial charge in [-0.3, -0.25) is 0 Å². The Kier molecular flexibility index (Phi) is 5.97. The van der Waals surface area contributed by atoms with Gasteiger partial charge in [-0.25, -0.2) is 0 Å². The summed E-state index contributed by atoms with van der Waals surface area (Å²) in [6.45, 7) is 18.1. The Balaban J connectivity index is 2.21. The molecule has 0 aliphatic rings. The van der Waals surface area contributed by atoms with Crippen molar-refractivity contribution in [2.45, 2.75) is 55.4 Å². The van der Waals surface area contributed by atoms with Crippen LogP contribution in [0.4, 0.5) is 0 Å². The molecule has 4 aromatic heterocycles. The molecule has 0 radical (unpaired) electrons.